The monoisotopic (exact) mass is 385 g/mol. The van der Waals surface area contributed by atoms with Crippen LogP contribution in [-0.4, -0.2) is 51.4 Å². The standard InChI is InChI=1S/C17H23N3O3S.ClH/c1-13(21)20-8-4-14-2-3-15(10-16(14)20)24(22,23)19-9-6-17(12-19)5-7-18-11-17;/h2-3,10,18H,4-9,11-12H2,1H3;1H. The molecule has 4 rings (SSSR count). The highest BCUT2D eigenvalue weighted by Gasteiger charge is 2.44. The predicted molar refractivity (Wildman–Crippen MR) is 98.7 cm³/mol. The lowest BCUT2D eigenvalue weighted by atomic mass is 9.87. The summed E-state index contributed by atoms with van der Waals surface area (Å²) in [6.07, 6.45) is 2.75. The van der Waals surface area contributed by atoms with Gasteiger partial charge in [-0.3, -0.25) is 4.79 Å². The molecule has 0 saturated carbocycles. The average molecular weight is 386 g/mol. The molecule has 3 aliphatic heterocycles. The zero-order valence-electron chi connectivity index (χ0n) is 14.3. The van der Waals surface area contributed by atoms with Crippen molar-refractivity contribution in [2.45, 2.75) is 31.1 Å². The number of rotatable bonds is 2. The summed E-state index contributed by atoms with van der Waals surface area (Å²) < 4.78 is 27.7. The third kappa shape index (κ3) is 3.07. The molecule has 0 bridgehead atoms. The Kier molecular flexibility index (Phi) is 4.87. The number of hydrogen-bond donors (Lipinski definition) is 1. The van der Waals surface area contributed by atoms with Crippen LogP contribution in [0.25, 0.3) is 0 Å². The average Bonchev–Trinajstić information content (AvgIpc) is 3.27. The Bertz CT molecular complexity index is 790. The fourth-order valence-corrected chi connectivity index (χ4v) is 5.81. The van der Waals surface area contributed by atoms with E-state index < -0.39 is 10.0 Å². The van der Waals surface area contributed by atoms with Gasteiger partial charge in [0.1, 0.15) is 0 Å². The van der Waals surface area contributed by atoms with Crippen LogP contribution in [0.15, 0.2) is 23.1 Å². The molecule has 0 aliphatic carbocycles. The normalized spacial score (nSPS) is 26.0. The van der Waals surface area contributed by atoms with Crippen molar-refractivity contribution in [3.8, 4) is 0 Å². The van der Waals surface area contributed by atoms with Gasteiger partial charge in [0.15, 0.2) is 0 Å². The molecule has 25 heavy (non-hydrogen) atoms. The highest BCUT2D eigenvalue weighted by Crippen LogP contribution is 2.39. The van der Waals surface area contributed by atoms with Gasteiger partial charge >= 0.3 is 0 Å². The van der Waals surface area contributed by atoms with E-state index in [4.69, 9.17) is 0 Å². The molecule has 1 amide bonds. The first-order chi connectivity index (χ1) is 11.4. The number of carbonyl (C=O) groups is 1. The zero-order chi connectivity index (χ0) is 16.9. The van der Waals surface area contributed by atoms with E-state index in [1.54, 1.807) is 21.3 Å². The van der Waals surface area contributed by atoms with Gasteiger partial charge in [-0.25, -0.2) is 8.42 Å². The smallest absolute Gasteiger partial charge is 0.243 e. The number of nitrogens with zero attached hydrogens (tertiary/aromatic N) is 2. The maximum Gasteiger partial charge on any atom is 0.243 e. The molecular weight excluding hydrogens is 362 g/mol. The minimum absolute atomic E-state index is 0. The molecule has 138 valence electrons. The largest absolute Gasteiger partial charge is 0.316 e. The predicted octanol–water partition coefficient (Wildman–Crippen LogP) is 1.39. The summed E-state index contributed by atoms with van der Waals surface area (Å²) in [5.41, 5.74) is 1.90. The van der Waals surface area contributed by atoms with Crippen molar-refractivity contribution in [3.05, 3.63) is 23.8 Å². The van der Waals surface area contributed by atoms with Crippen LogP contribution in [0, 0.1) is 5.41 Å². The van der Waals surface area contributed by atoms with Crippen molar-refractivity contribution < 1.29 is 13.2 Å². The highest BCUT2D eigenvalue weighted by molar-refractivity contribution is 7.89. The molecule has 1 spiro atoms. The van der Waals surface area contributed by atoms with Crippen LogP contribution in [0.4, 0.5) is 5.69 Å². The van der Waals surface area contributed by atoms with E-state index in [1.165, 1.54) is 6.92 Å². The lowest BCUT2D eigenvalue weighted by Gasteiger charge is -2.23. The molecule has 1 N–H and O–H groups in total. The van der Waals surface area contributed by atoms with E-state index in [0.29, 0.717) is 24.5 Å². The minimum Gasteiger partial charge on any atom is -0.316 e. The van der Waals surface area contributed by atoms with Crippen molar-refractivity contribution in [3.63, 3.8) is 0 Å². The number of amides is 1. The summed E-state index contributed by atoms with van der Waals surface area (Å²) in [5, 5.41) is 3.35. The molecule has 0 aromatic heterocycles. The van der Waals surface area contributed by atoms with Gasteiger partial charge in [0, 0.05) is 38.8 Å². The second-order valence-electron chi connectivity index (χ2n) is 7.23. The van der Waals surface area contributed by atoms with E-state index in [0.717, 1.165) is 43.6 Å². The first-order valence-corrected chi connectivity index (χ1v) is 9.97. The molecule has 8 heteroatoms. The van der Waals surface area contributed by atoms with Crippen molar-refractivity contribution >= 4 is 34.0 Å². The van der Waals surface area contributed by atoms with E-state index in [2.05, 4.69) is 5.32 Å². The third-order valence-electron chi connectivity index (χ3n) is 5.71. The number of anilines is 1. The molecule has 2 fully saturated rings. The van der Waals surface area contributed by atoms with Crippen LogP contribution in [0.1, 0.15) is 25.3 Å². The van der Waals surface area contributed by atoms with Crippen molar-refractivity contribution in [1.29, 1.82) is 0 Å². The van der Waals surface area contributed by atoms with Gasteiger partial charge < -0.3 is 10.2 Å². The van der Waals surface area contributed by atoms with Crippen molar-refractivity contribution in [2.24, 2.45) is 5.41 Å². The van der Waals surface area contributed by atoms with Crippen LogP contribution in [-0.2, 0) is 21.2 Å². The second kappa shape index (κ2) is 6.54. The summed E-state index contributed by atoms with van der Waals surface area (Å²) in [4.78, 5) is 13.7. The molecule has 1 atom stereocenters. The molecular formula is C17H24ClN3O3S. The lowest BCUT2D eigenvalue weighted by molar-refractivity contribution is -0.116. The molecule has 2 saturated heterocycles. The van der Waals surface area contributed by atoms with Crippen molar-refractivity contribution in [1.82, 2.24) is 9.62 Å². The first-order valence-electron chi connectivity index (χ1n) is 8.53. The van der Waals surface area contributed by atoms with Gasteiger partial charge in [-0.05, 0) is 48.9 Å². The van der Waals surface area contributed by atoms with E-state index in [9.17, 15) is 13.2 Å². The number of nitrogens with one attached hydrogen (secondary N) is 1. The number of sulfonamides is 1. The third-order valence-corrected chi connectivity index (χ3v) is 7.55. The first kappa shape index (κ1) is 18.6. The Balaban J connectivity index is 0.00000182. The second-order valence-corrected chi connectivity index (χ2v) is 9.16. The van der Waals surface area contributed by atoms with Gasteiger partial charge in [0.2, 0.25) is 15.9 Å². The number of benzene rings is 1. The zero-order valence-corrected chi connectivity index (χ0v) is 16.0. The molecule has 1 unspecified atom stereocenters. The van der Waals surface area contributed by atoms with E-state index >= 15 is 0 Å². The summed E-state index contributed by atoms with van der Waals surface area (Å²) in [5.74, 6) is -0.0412. The summed E-state index contributed by atoms with van der Waals surface area (Å²) in [6, 6.07) is 5.22. The Morgan fingerprint density at radius 3 is 2.72 bits per heavy atom. The Hall–Kier alpha value is -1.15. The van der Waals surface area contributed by atoms with Gasteiger partial charge in [-0.2, -0.15) is 4.31 Å². The topological polar surface area (TPSA) is 69.7 Å². The molecule has 3 heterocycles. The lowest BCUT2D eigenvalue weighted by Crippen LogP contribution is -2.33. The van der Waals surface area contributed by atoms with Gasteiger partial charge in [0.25, 0.3) is 0 Å². The Labute approximate surface area is 155 Å². The van der Waals surface area contributed by atoms with Gasteiger partial charge in [0.05, 0.1) is 4.90 Å². The fraction of sp³-hybridized carbons (Fsp3) is 0.588. The van der Waals surface area contributed by atoms with Gasteiger partial charge in [-0.1, -0.05) is 6.07 Å². The molecule has 1 aromatic rings. The highest BCUT2D eigenvalue weighted by atomic mass is 35.5. The van der Waals surface area contributed by atoms with E-state index in [-0.39, 0.29) is 23.7 Å². The summed E-state index contributed by atoms with van der Waals surface area (Å²) in [7, 11) is -3.51. The minimum atomic E-state index is -3.51. The summed E-state index contributed by atoms with van der Waals surface area (Å²) in [6.45, 7) is 5.20. The number of fused-ring (bicyclic) bond motifs is 1. The van der Waals surface area contributed by atoms with Crippen LogP contribution >= 0.6 is 12.4 Å². The maximum absolute atomic E-state index is 13.1. The number of hydrogen-bond acceptors (Lipinski definition) is 4. The Morgan fingerprint density at radius 1 is 1.24 bits per heavy atom. The van der Waals surface area contributed by atoms with Crippen LogP contribution in [0.5, 0.6) is 0 Å². The fourth-order valence-electron chi connectivity index (χ4n) is 4.24. The molecule has 3 aliphatic rings. The van der Waals surface area contributed by atoms with E-state index in [1.807, 2.05) is 6.07 Å². The number of halogens is 1. The molecule has 0 radical (unpaired) electrons. The Morgan fingerprint density at radius 2 is 2.04 bits per heavy atom. The van der Waals surface area contributed by atoms with Gasteiger partial charge in [-0.15, -0.1) is 12.4 Å². The maximum atomic E-state index is 13.1. The quantitative estimate of drug-likeness (QED) is 0.835. The molecule has 1 aromatic carbocycles. The van der Waals surface area contributed by atoms with Crippen molar-refractivity contribution in [2.75, 3.05) is 37.6 Å². The van der Waals surface area contributed by atoms with Crippen LogP contribution in [0.3, 0.4) is 0 Å². The summed E-state index contributed by atoms with van der Waals surface area (Å²) >= 11 is 0. The number of carbonyl (C=O) groups excluding carboxylic acids is 1. The van der Waals surface area contributed by atoms with Crippen LogP contribution < -0.4 is 10.2 Å². The van der Waals surface area contributed by atoms with Crippen LogP contribution in [0.2, 0.25) is 0 Å². The SMILES string of the molecule is CC(=O)N1CCc2ccc(S(=O)(=O)N3CCC4(CCNC4)C3)cc21.Cl. The molecule has 6 nitrogen and oxygen atoms in total.